The number of aromatic amines is 1. The van der Waals surface area contributed by atoms with Gasteiger partial charge in [-0.2, -0.15) is 11.3 Å². The van der Waals surface area contributed by atoms with Crippen LogP contribution in [-0.2, 0) is 22.6 Å². The van der Waals surface area contributed by atoms with Crippen LogP contribution in [0.25, 0.3) is 0 Å². The van der Waals surface area contributed by atoms with Crippen LogP contribution in [0.3, 0.4) is 0 Å². The van der Waals surface area contributed by atoms with Gasteiger partial charge in [0.1, 0.15) is 5.82 Å². The van der Waals surface area contributed by atoms with Gasteiger partial charge in [-0.05, 0) is 48.1 Å². The molecule has 2 saturated heterocycles. The number of fused-ring (bicyclic) bond motifs is 2. The van der Waals surface area contributed by atoms with E-state index in [1.165, 1.54) is 0 Å². The molecular formula is C20H26N4O2S. The Bertz CT molecular complexity index is 804. The van der Waals surface area contributed by atoms with Crippen molar-refractivity contribution in [3.63, 3.8) is 0 Å². The lowest BCUT2D eigenvalue weighted by Gasteiger charge is -2.38. The van der Waals surface area contributed by atoms with Crippen molar-refractivity contribution in [2.24, 2.45) is 5.41 Å². The first-order valence-electron chi connectivity index (χ1n) is 9.61. The Morgan fingerprint density at radius 2 is 2.30 bits per heavy atom. The molecule has 7 heteroatoms. The number of thiophene rings is 1. The maximum absolute atomic E-state index is 13.4. The lowest BCUT2D eigenvalue weighted by atomic mass is 9.71. The number of nitrogens with one attached hydrogen (secondary N) is 1. The van der Waals surface area contributed by atoms with Gasteiger partial charge in [0, 0.05) is 31.5 Å². The zero-order valence-corrected chi connectivity index (χ0v) is 16.7. The molecule has 0 unspecified atom stereocenters. The van der Waals surface area contributed by atoms with Crippen molar-refractivity contribution in [3.8, 4) is 0 Å². The summed E-state index contributed by atoms with van der Waals surface area (Å²) in [5, 5.41) is 4.04. The van der Waals surface area contributed by atoms with Crippen molar-refractivity contribution < 1.29 is 9.59 Å². The Kier molecular flexibility index (Phi) is 4.80. The van der Waals surface area contributed by atoms with Crippen molar-refractivity contribution in [1.29, 1.82) is 0 Å². The molecule has 27 heavy (non-hydrogen) atoms. The lowest BCUT2D eigenvalue weighted by molar-refractivity contribution is -0.144. The monoisotopic (exact) mass is 386 g/mol. The minimum absolute atomic E-state index is 0.0187. The predicted molar refractivity (Wildman–Crippen MR) is 104 cm³/mol. The van der Waals surface area contributed by atoms with Crippen LogP contribution in [0, 0.1) is 5.41 Å². The molecule has 0 radical (unpaired) electrons. The molecule has 2 aromatic heterocycles. The summed E-state index contributed by atoms with van der Waals surface area (Å²) >= 11 is 1.62. The minimum Gasteiger partial charge on any atom is -0.347 e. The number of rotatable bonds is 6. The van der Waals surface area contributed by atoms with Gasteiger partial charge in [0.05, 0.1) is 18.4 Å². The van der Waals surface area contributed by atoms with Crippen LogP contribution in [0.2, 0.25) is 0 Å². The van der Waals surface area contributed by atoms with E-state index in [-0.39, 0.29) is 23.9 Å². The largest absolute Gasteiger partial charge is 0.347 e. The SMILES string of the molecule is CC[C@@]1(C(=O)N(C)Cc2ncc[nH]2)C[C@@H]2CC[C@H]1N2C(=O)Cc1ccsc1. The number of imidazole rings is 1. The van der Waals surface area contributed by atoms with Crippen molar-refractivity contribution in [1.82, 2.24) is 19.8 Å². The van der Waals surface area contributed by atoms with Gasteiger partial charge in [-0.1, -0.05) is 6.92 Å². The summed E-state index contributed by atoms with van der Waals surface area (Å²) in [4.78, 5) is 37.6. The third-order valence-electron chi connectivity index (χ3n) is 6.31. The second kappa shape index (κ2) is 7.11. The van der Waals surface area contributed by atoms with Crippen LogP contribution >= 0.6 is 11.3 Å². The van der Waals surface area contributed by atoms with E-state index in [2.05, 4.69) is 16.9 Å². The smallest absolute Gasteiger partial charge is 0.231 e. The maximum atomic E-state index is 13.4. The van der Waals surface area contributed by atoms with E-state index in [9.17, 15) is 9.59 Å². The van der Waals surface area contributed by atoms with Gasteiger partial charge in [0.15, 0.2) is 0 Å². The highest BCUT2D eigenvalue weighted by Gasteiger charge is 2.60. The molecule has 0 aliphatic carbocycles. The first-order valence-corrected chi connectivity index (χ1v) is 10.6. The third kappa shape index (κ3) is 3.08. The van der Waals surface area contributed by atoms with Gasteiger partial charge in [0.2, 0.25) is 11.8 Å². The van der Waals surface area contributed by atoms with Gasteiger partial charge in [0.25, 0.3) is 0 Å². The molecule has 3 atom stereocenters. The molecule has 0 aromatic carbocycles. The molecule has 0 spiro atoms. The summed E-state index contributed by atoms with van der Waals surface area (Å²) in [6.07, 6.45) is 7.39. The van der Waals surface area contributed by atoms with Crippen LogP contribution in [0.5, 0.6) is 0 Å². The molecule has 2 bridgehead atoms. The molecule has 1 N–H and O–H groups in total. The summed E-state index contributed by atoms with van der Waals surface area (Å²) in [5.74, 6) is 1.09. The fourth-order valence-corrected chi connectivity index (χ4v) is 5.71. The normalized spacial score (nSPS) is 26.5. The van der Waals surface area contributed by atoms with E-state index in [1.54, 1.807) is 28.6 Å². The molecule has 2 amide bonds. The van der Waals surface area contributed by atoms with E-state index in [0.717, 1.165) is 37.1 Å². The van der Waals surface area contributed by atoms with E-state index in [0.29, 0.717) is 13.0 Å². The minimum atomic E-state index is -0.464. The van der Waals surface area contributed by atoms with Gasteiger partial charge in [-0.3, -0.25) is 9.59 Å². The highest BCUT2D eigenvalue weighted by atomic mass is 32.1. The molecule has 6 nitrogen and oxygen atoms in total. The number of amides is 2. The Morgan fingerprint density at radius 1 is 1.44 bits per heavy atom. The summed E-state index contributed by atoms with van der Waals surface area (Å²) in [5.41, 5.74) is 0.605. The molecule has 4 rings (SSSR count). The number of H-pyrrole nitrogens is 1. The van der Waals surface area contributed by atoms with Crippen LogP contribution in [0.1, 0.15) is 44.0 Å². The first kappa shape index (κ1) is 18.2. The van der Waals surface area contributed by atoms with Crippen LogP contribution in [-0.4, -0.2) is 50.7 Å². The molecule has 2 fully saturated rings. The average Bonchev–Trinajstić information content (AvgIpc) is 3.44. The topological polar surface area (TPSA) is 69.3 Å². The Balaban J connectivity index is 1.53. The average molecular weight is 387 g/mol. The second-order valence-corrected chi connectivity index (χ2v) is 8.55. The first-order chi connectivity index (χ1) is 13.0. The summed E-state index contributed by atoms with van der Waals surface area (Å²) < 4.78 is 0. The summed E-state index contributed by atoms with van der Waals surface area (Å²) in [6, 6.07) is 2.22. The van der Waals surface area contributed by atoms with Crippen molar-refractivity contribution in [2.75, 3.05) is 7.05 Å². The summed E-state index contributed by atoms with van der Waals surface area (Å²) in [7, 11) is 1.84. The number of aromatic nitrogens is 2. The highest BCUT2D eigenvalue weighted by Crippen LogP contribution is 2.52. The lowest BCUT2D eigenvalue weighted by Crippen LogP contribution is -2.50. The number of nitrogens with zero attached hydrogens (tertiary/aromatic N) is 3. The fourth-order valence-electron chi connectivity index (χ4n) is 5.04. The molecule has 2 aliphatic rings. The second-order valence-electron chi connectivity index (χ2n) is 7.77. The Hall–Kier alpha value is -2.15. The predicted octanol–water partition coefficient (Wildman–Crippen LogP) is 2.83. The highest BCUT2D eigenvalue weighted by molar-refractivity contribution is 7.08. The van der Waals surface area contributed by atoms with E-state index in [1.807, 2.05) is 28.8 Å². The zero-order chi connectivity index (χ0) is 19.0. The van der Waals surface area contributed by atoms with Crippen LogP contribution in [0.4, 0.5) is 0 Å². The number of hydrogen-bond acceptors (Lipinski definition) is 4. The van der Waals surface area contributed by atoms with Crippen molar-refractivity contribution >= 4 is 23.2 Å². The van der Waals surface area contributed by atoms with Crippen LogP contribution in [0.15, 0.2) is 29.2 Å². The zero-order valence-electron chi connectivity index (χ0n) is 15.9. The van der Waals surface area contributed by atoms with Crippen molar-refractivity contribution in [2.45, 2.75) is 57.7 Å². The van der Waals surface area contributed by atoms with E-state index >= 15 is 0 Å². The van der Waals surface area contributed by atoms with Crippen LogP contribution < -0.4 is 0 Å². The molecule has 4 heterocycles. The Morgan fingerprint density at radius 3 is 2.96 bits per heavy atom. The number of carbonyl (C=O) groups excluding carboxylic acids is 2. The van der Waals surface area contributed by atoms with E-state index in [4.69, 9.17) is 0 Å². The summed E-state index contributed by atoms with van der Waals surface area (Å²) in [6.45, 7) is 2.55. The molecular weight excluding hydrogens is 360 g/mol. The maximum Gasteiger partial charge on any atom is 0.231 e. The van der Waals surface area contributed by atoms with Gasteiger partial charge < -0.3 is 14.8 Å². The third-order valence-corrected chi connectivity index (χ3v) is 7.04. The fraction of sp³-hybridized carbons (Fsp3) is 0.550. The van der Waals surface area contributed by atoms with Crippen molar-refractivity contribution in [3.05, 3.63) is 40.6 Å². The van der Waals surface area contributed by atoms with Gasteiger partial charge >= 0.3 is 0 Å². The van der Waals surface area contributed by atoms with E-state index < -0.39 is 5.41 Å². The Labute approximate surface area is 163 Å². The molecule has 2 aliphatic heterocycles. The van der Waals surface area contributed by atoms with Gasteiger partial charge in [-0.15, -0.1) is 0 Å². The number of carbonyl (C=O) groups is 2. The standard InChI is InChI=1S/C20H26N4O2S/c1-3-20(19(26)23(2)12-17-21-7-8-22-17)11-15-4-5-16(20)24(15)18(25)10-14-6-9-27-13-14/h6-9,13,15-16H,3-5,10-12H2,1-2H3,(H,21,22)/t15-,16+,20+/m0/s1. The number of hydrogen-bond donors (Lipinski definition) is 1. The molecule has 2 aromatic rings. The molecule has 0 saturated carbocycles. The van der Waals surface area contributed by atoms with Gasteiger partial charge in [-0.25, -0.2) is 4.98 Å². The quantitative estimate of drug-likeness (QED) is 0.830. The molecule has 144 valence electrons.